The van der Waals surface area contributed by atoms with Crippen LogP contribution in [0.25, 0.3) is 23.1 Å². The molecule has 0 aliphatic heterocycles. The first-order valence-corrected chi connectivity index (χ1v) is 10.7. The molecule has 30 heavy (non-hydrogen) atoms. The molecule has 0 radical (unpaired) electrons. The fraction of sp³-hybridized carbons (Fsp3) is 0.125. The molecular weight excluding hydrogens is 392 g/mol. The monoisotopic (exact) mass is 414 g/mol. The van der Waals surface area contributed by atoms with Crippen LogP contribution in [0, 0.1) is 6.92 Å². The van der Waals surface area contributed by atoms with Gasteiger partial charge in [-0.1, -0.05) is 23.8 Å². The maximum atomic E-state index is 12.1. The molecule has 0 fully saturated rings. The Bertz CT molecular complexity index is 1170. The Hall–Kier alpha value is -3.38. The number of nitrogens with one attached hydrogen (secondary N) is 2. The highest BCUT2D eigenvalue weighted by Crippen LogP contribution is 2.25. The van der Waals surface area contributed by atoms with E-state index in [1.807, 2.05) is 61.5 Å². The normalized spacial score (nSPS) is 11.2. The summed E-state index contributed by atoms with van der Waals surface area (Å²) in [5.74, 6) is 0.736. The average Bonchev–Trinajstić information content (AvgIpc) is 3.17. The second-order valence-corrected chi connectivity index (χ2v) is 8.09. The van der Waals surface area contributed by atoms with Gasteiger partial charge in [-0.3, -0.25) is 14.9 Å². The molecule has 5 nitrogen and oxygen atoms in total. The SMILES string of the molecule is Cc1ccc(NC(=O)CCSc2ccc3c(/C=C/c4ccccn4)n[nH]c3c2)cc1. The number of hydrogen-bond acceptors (Lipinski definition) is 4. The van der Waals surface area contributed by atoms with E-state index >= 15 is 0 Å². The van der Waals surface area contributed by atoms with Crippen molar-refractivity contribution in [1.29, 1.82) is 0 Å². The summed E-state index contributed by atoms with van der Waals surface area (Å²) in [6.07, 6.45) is 6.14. The molecule has 0 aliphatic rings. The third-order valence-electron chi connectivity index (χ3n) is 4.60. The predicted octanol–water partition coefficient (Wildman–Crippen LogP) is 5.56. The van der Waals surface area contributed by atoms with Gasteiger partial charge in [-0.2, -0.15) is 5.10 Å². The highest BCUT2D eigenvalue weighted by Gasteiger charge is 2.06. The molecule has 4 rings (SSSR count). The fourth-order valence-electron chi connectivity index (χ4n) is 3.00. The Kier molecular flexibility index (Phi) is 6.25. The lowest BCUT2D eigenvalue weighted by molar-refractivity contribution is -0.115. The minimum atomic E-state index is 0.0240. The van der Waals surface area contributed by atoms with Crippen molar-refractivity contribution in [3.63, 3.8) is 0 Å². The lowest BCUT2D eigenvalue weighted by Gasteiger charge is -2.06. The summed E-state index contributed by atoms with van der Waals surface area (Å²) in [6, 6.07) is 19.8. The number of anilines is 1. The molecule has 0 spiro atoms. The first kappa shape index (κ1) is 19.9. The van der Waals surface area contributed by atoms with E-state index in [-0.39, 0.29) is 5.91 Å². The summed E-state index contributed by atoms with van der Waals surface area (Å²) in [7, 11) is 0. The molecule has 4 aromatic rings. The third kappa shape index (κ3) is 5.15. The van der Waals surface area contributed by atoms with E-state index in [0.29, 0.717) is 12.2 Å². The van der Waals surface area contributed by atoms with Crippen LogP contribution in [0.3, 0.4) is 0 Å². The molecule has 150 valence electrons. The van der Waals surface area contributed by atoms with Gasteiger partial charge in [0.15, 0.2) is 0 Å². The largest absolute Gasteiger partial charge is 0.326 e. The van der Waals surface area contributed by atoms with Gasteiger partial charge in [-0.25, -0.2) is 0 Å². The smallest absolute Gasteiger partial charge is 0.225 e. The molecule has 0 saturated heterocycles. The highest BCUT2D eigenvalue weighted by molar-refractivity contribution is 7.99. The van der Waals surface area contributed by atoms with Crippen molar-refractivity contribution in [2.24, 2.45) is 0 Å². The van der Waals surface area contributed by atoms with Crippen LogP contribution < -0.4 is 5.32 Å². The highest BCUT2D eigenvalue weighted by atomic mass is 32.2. The number of carbonyl (C=O) groups is 1. The number of aryl methyl sites for hydroxylation is 1. The maximum absolute atomic E-state index is 12.1. The molecule has 2 aromatic heterocycles. The van der Waals surface area contributed by atoms with Crippen molar-refractivity contribution in [3.05, 3.63) is 83.8 Å². The predicted molar refractivity (Wildman–Crippen MR) is 124 cm³/mol. The zero-order valence-electron chi connectivity index (χ0n) is 16.6. The average molecular weight is 415 g/mol. The van der Waals surface area contributed by atoms with Gasteiger partial charge >= 0.3 is 0 Å². The zero-order valence-corrected chi connectivity index (χ0v) is 17.4. The second-order valence-electron chi connectivity index (χ2n) is 6.92. The van der Waals surface area contributed by atoms with Crippen LogP contribution in [0.1, 0.15) is 23.4 Å². The van der Waals surface area contributed by atoms with Gasteiger partial charge in [0.1, 0.15) is 0 Å². The first-order chi connectivity index (χ1) is 14.7. The molecule has 0 aliphatic carbocycles. The number of hydrogen-bond donors (Lipinski definition) is 2. The topological polar surface area (TPSA) is 70.7 Å². The Balaban J connectivity index is 1.33. The van der Waals surface area contributed by atoms with Crippen LogP contribution in [0.4, 0.5) is 5.69 Å². The minimum absolute atomic E-state index is 0.0240. The molecule has 2 N–H and O–H groups in total. The zero-order chi connectivity index (χ0) is 20.8. The summed E-state index contributed by atoms with van der Waals surface area (Å²) in [5, 5.41) is 11.5. The number of pyridine rings is 1. The quantitative estimate of drug-likeness (QED) is 0.389. The molecule has 0 bridgehead atoms. The maximum Gasteiger partial charge on any atom is 0.225 e. The van der Waals surface area contributed by atoms with Crippen LogP contribution in [-0.4, -0.2) is 26.8 Å². The van der Waals surface area contributed by atoms with E-state index < -0.39 is 0 Å². The molecule has 2 aromatic carbocycles. The Morgan fingerprint density at radius 3 is 2.77 bits per heavy atom. The summed E-state index contributed by atoms with van der Waals surface area (Å²) in [4.78, 5) is 17.5. The molecule has 1 amide bonds. The van der Waals surface area contributed by atoms with Crippen LogP contribution in [0.5, 0.6) is 0 Å². The Morgan fingerprint density at radius 2 is 1.97 bits per heavy atom. The van der Waals surface area contributed by atoms with E-state index in [4.69, 9.17) is 0 Å². The number of benzene rings is 2. The molecule has 6 heteroatoms. The van der Waals surface area contributed by atoms with Crippen molar-refractivity contribution < 1.29 is 4.79 Å². The number of H-pyrrole nitrogens is 1. The Morgan fingerprint density at radius 1 is 1.10 bits per heavy atom. The van der Waals surface area contributed by atoms with Crippen molar-refractivity contribution in [1.82, 2.24) is 15.2 Å². The summed E-state index contributed by atoms with van der Waals surface area (Å²) in [5.41, 5.74) is 4.76. The van der Waals surface area contributed by atoms with Crippen molar-refractivity contribution in [2.45, 2.75) is 18.2 Å². The van der Waals surface area contributed by atoms with Gasteiger partial charge in [0.05, 0.1) is 16.9 Å². The lowest BCUT2D eigenvalue weighted by atomic mass is 10.2. The van der Waals surface area contributed by atoms with Gasteiger partial charge in [0.2, 0.25) is 5.91 Å². The lowest BCUT2D eigenvalue weighted by Crippen LogP contribution is -2.12. The van der Waals surface area contributed by atoms with Gasteiger partial charge in [-0.15, -0.1) is 11.8 Å². The van der Waals surface area contributed by atoms with E-state index in [0.717, 1.165) is 32.9 Å². The number of aromatic amines is 1. The number of rotatable bonds is 7. The van der Waals surface area contributed by atoms with E-state index in [2.05, 4.69) is 38.7 Å². The van der Waals surface area contributed by atoms with Crippen LogP contribution in [-0.2, 0) is 4.79 Å². The summed E-state index contributed by atoms with van der Waals surface area (Å²) < 4.78 is 0. The van der Waals surface area contributed by atoms with Crippen LogP contribution >= 0.6 is 11.8 Å². The van der Waals surface area contributed by atoms with Gasteiger partial charge in [-0.05, 0) is 61.5 Å². The minimum Gasteiger partial charge on any atom is -0.326 e. The Labute approximate surface area is 179 Å². The van der Waals surface area contributed by atoms with E-state index in [1.54, 1.807) is 18.0 Å². The van der Waals surface area contributed by atoms with Crippen molar-refractivity contribution >= 4 is 46.4 Å². The molecule has 2 heterocycles. The standard InChI is InChI=1S/C24H22N4OS/c1-17-5-7-19(8-6-17)26-24(29)13-15-30-20-10-11-21-22(27-28-23(21)16-20)12-9-18-4-2-3-14-25-18/h2-12,14,16H,13,15H2,1H3,(H,26,29)(H,27,28)/b12-9+. The molecular formula is C24H22N4OS. The number of nitrogens with zero attached hydrogens (tertiary/aromatic N) is 2. The third-order valence-corrected chi connectivity index (χ3v) is 5.59. The first-order valence-electron chi connectivity index (χ1n) is 9.74. The number of thioether (sulfide) groups is 1. The van der Waals surface area contributed by atoms with Crippen LogP contribution in [0.15, 0.2) is 71.8 Å². The number of fused-ring (bicyclic) bond motifs is 1. The number of aromatic nitrogens is 3. The summed E-state index contributed by atoms with van der Waals surface area (Å²) >= 11 is 1.66. The van der Waals surface area contributed by atoms with Crippen molar-refractivity contribution in [2.75, 3.05) is 11.1 Å². The van der Waals surface area contributed by atoms with Gasteiger partial charge in [0.25, 0.3) is 0 Å². The number of carbonyl (C=O) groups excluding carboxylic acids is 1. The second kappa shape index (κ2) is 9.41. The fourth-order valence-corrected chi connectivity index (χ4v) is 3.89. The molecule has 0 atom stereocenters. The van der Waals surface area contributed by atoms with Gasteiger partial charge < -0.3 is 5.32 Å². The van der Waals surface area contributed by atoms with Crippen LogP contribution in [0.2, 0.25) is 0 Å². The van der Waals surface area contributed by atoms with E-state index in [9.17, 15) is 4.79 Å². The molecule has 0 saturated carbocycles. The number of amides is 1. The van der Waals surface area contributed by atoms with Crippen molar-refractivity contribution in [3.8, 4) is 0 Å². The van der Waals surface area contributed by atoms with E-state index in [1.165, 1.54) is 5.56 Å². The van der Waals surface area contributed by atoms with Gasteiger partial charge in [0, 0.05) is 34.3 Å². The summed E-state index contributed by atoms with van der Waals surface area (Å²) in [6.45, 7) is 2.03. The molecule has 0 unspecified atom stereocenters.